The molecule has 4 heteroatoms. The maximum Gasteiger partial charge on any atom is 0.185 e. The zero-order valence-corrected chi connectivity index (χ0v) is 22.9. The Morgan fingerprint density at radius 2 is 1.27 bits per heavy atom. The molecule has 0 aromatic heterocycles. The number of phenolic OH excluding ortho intramolecular Hbond substituents is 1. The third-order valence-corrected chi connectivity index (χ3v) is 8.44. The minimum Gasteiger partial charge on any atom is -0.508 e. The summed E-state index contributed by atoms with van der Waals surface area (Å²) in [5.41, 5.74) is 8.62. The van der Waals surface area contributed by atoms with E-state index >= 15 is 0 Å². The van der Waals surface area contributed by atoms with E-state index in [1.165, 1.54) is 16.9 Å². The quantitative estimate of drug-likeness (QED) is 0.453. The van der Waals surface area contributed by atoms with Gasteiger partial charge in [-0.2, -0.15) is 0 Å². The number of hydrogen-bond donors (Lipinski definition) is 1. The van der Waals surface area contributed by atoms with Crippen LogP contribution in [0.5, 0.6) is 5.75 Å². The molecule has 1 saturated carbocycles. The second-order valence-corrected chi connectivity index (χ2v) is 11.3. The van der Waals surface area contributed by atoms with Crippen LogP contribution in [0.4, 0.5) is 11.4 Å². The van der Waals surface area contributed by atoms with E-state index in [0.29, 0.717) is 0 Å². The lowest BCUT2D eigenvalue weighted by molar-refractivity contribution is -0.111. The van der Waals surface area contributed by atoms with E-state index in [-0.39, 0.29) is 22.4 Å². The fourth-order valence-electron chi connectivity index (χ4n) is 6.37. The van der Waals surface area contributed by atoms with Gasteiger partial charge in [0.1, 0.15) is 5.75 Å². The molecule has 1 N–H and O–H groups in total. The molecule has 5 rings (SSSR count). The number of aromatic hydroxyl groups is 1. The third kappa shape index (κ3) is 3.94. The summed E-state index contributed by atoms with van der Waals surface area (Å²) in [4.78, 5) is 18.0. The molecule has 0 spiro atoms. The summed E-state index contributed by atoms with van der Waals surface area (Å²) in [5.74, 6) is 0.437. The van der Waals surface area contributed by atoms with Crippen molar-refractivity contribution in [1.29, 1.82) is 0 Å². The Labute approximate surface area is 221 Å². The van der Waals surface area contributed by atoms with E-state index in [4.69, 9.17) is 0 Å². The van der Waals surface area contributed by atoms with Gasteiger partial charge in [0.2, 0.25) is 0 Å². The number of allylic oxidation sites excluding steroid dienone is 8. The minimum atomic E-state index is -0.251. The van der Waals surface area contributed by atoms with Gasteiger partial charge < -0.3 is 14.9 Å². The predicted molar refractivity (Wildman–Crippen MR) is 153 cm³/mol. The zero-order valence-electron chi connectivity index (χ0n) is 22.9. The second-order valence-electron chi connectivity index (χ2n) is 11.3. The lowest BCUT2D eigenvalue weighted by atomic mass is 9.83. The maximum atomic E-state index is 13.4. The normalized spacial score (nSPS) is 24.1. The van der Waals surface area contributed by atoms with E-state index in [1.54, 1.807) is 6.07 Å². The number of anilines is 2. The van der Waals surface area contributed by atoms with E-state index < -0.39 is 0 Å². The standard InChI is InChI=1S/C33H38N2O2/c1-7-34-27-12-10-9-11-25(27)32(3,4)29(34)19-15-22-13-14-23(31(22)37)16-20-30-33(5,6)26-21-24(36)17-18-28(26)35(30)8-2/h9-12,15-21,36H,7-8,13-14H2,1-6H3/b22-15-,23-16+,29-19-,30-20+. The van der Waals surface area contributed by atoms with Crippen molar-refractivity contribution in [1.82, 2.24) is 0 Å². The van der Waals surface area contributed by atoms with Crippen LogP contribution < -0.4 is 9.80 Å². The molecule has 4 nitrogen and oxygen atoms in total. The van der Waals surface area contributed by atoms with Crippen molar-refractivity contribution in [3.8, 4) is 5.75 Å². The summed E-state index contributed by atoms with van der Waals surface area (Å²) in [6.07, 6.45) is 9.89. The van der Waals surface area contributed by atoms with Crippen LogP contribution in [-0.2, 0) is 15.6 Å². The van der Waals surface area contributed by atoms with Crippen LogP contribution in [0.2, 0.25) is 0 Å². The van der Waals surface area contributed by atoms with Crippen molar-refractivity contribution in [2.75, 3.05) is 22.9 Å². The average Bonchev–Trinajstić information content (AvgIpc) is 3.41. The number of benzene rings is 2. The molecule has 0 amide bonds. The summed E-state index contributed by atoms with van der Waals surface area (Å²) in [5, 5.41) is 10.1. The van der Waals surface area contributed by atoms with Crippen LogP contribution in [-0.4, -0.2) is 24.0 Å². The van der Waals surface area contributed by atoms with Crippen LogP contribution in [0.1, 0.15) is 65.5 Å². The molecule has 0 unspecified atom stereocenters. The number of carbonyl (C=O) groups is 1. The van der Waals surface area contributed by atoms with Crippen molar-refractivity contribution in [3.63, 3.8) is 0 Å². The third-order valence-electron chi connectivity index (χ3n) is 8.44. The molecule has 3 aliphatic rings. The number of ketones is 1. The molecule has 2 aromatic carbocycles. The fourth-order valence-corrected chi connectivity index (χ4v) is 6.37. The zero-order chi connectivity index (χ0) is 26.5. The van der Waals surface area contributed by atoms with Gasteiger partial charge in [-0.1, -0.05) is 58.0 Å². The first-order valence-electron chi connectivity index (χ1n) is 13.5. The van der Waals surface area contributed by atoms with E-state index in [1.807, 2.05) is 18.2 Å². The number of likely N-dealkylation sites (N-methyl/N-ethyl adjacent to an activating group) is 2. The molecule has 2 aliphatic heterocycles. The van der Waals surface area contributed by atoms with Crippen molar-refractivity contribution in [3.05, 3.63) is 100 Å². The van der Waals surface area contributed by atoms with Gasteiger partial charge in [-0.25, -0.2) is 0 Å². The number of rotatable bonds is 4. The smallest absolute Gasteiger partial charge is 0.185 e. The molecular weight excluding hydrogens is 456 g/mol. The van der Waals surface area contributed by atoms with Gasteiger partial charge >= 0.3 is 0 Å². The van der Waals surface area contributed by atoms with Gasteiger partial charge in [-0.3, -0.25) is 4.79 Å². The predicted octanol–water partition coefficient (Wildman–Crippen LogP) is 7.31. The van der Waals surface area contributed by atoms with Gasteiger partial charge in [0.25, 0.3) is 0 Å². The van der Waals surface area contributed by atoms with Crippen molar-refractivity contribution in [2.45, 2.75) is 65.2 Å². The highest BCUT2D eigenvalue weighted by Gasteiger charge is 2.40. The second kappa shape index (κ2) is 9.09. The fraction of sp³-hybridized carbons (Fsp3) is 0.364. The van der Waals surface area contributed by atoms with Gasteiger partial charge in [-0.15, -0.1) is 0 Å². The monoisotopic (exact) mass is 494 g/mol. The summed E-state index contributed by atoms with van der Waals surface area (Å²) in [6, 6.07) is 14.2. The Morgan fingerprint density at radius 1 is 0.757 bits per heavy atom. The summed E-state index contributed by atoms with van der Waals surface area (Å²) in [6.45, 7) is 14.9. The van der Waals surface area contributed by atoms with Crippen molar-refractivity contribution < 1.29 is 9.90 Å². The maximum absolute atomic E-state index is 13.4. The molecule has 0 radical (unpaired) electrons. The van der Waals surface area contributed by atoms with E-state index in [2.05, 4.69) is 93.8 Å². The van der Waals surface area contributed by atoms with Crippen molar-refractivity contribution >= 4 is 17.2 Å². The summed E-state index contributed by atoms with van der Waals surface area (Å²) in [7, 11) is 0. The van der Waals surface area contributed by atoms with Crippen LogP contribution in [0.15, 0.2) is 89.3 Å². The largest absolute Gasteiger partial charge is 0.508 e. The Hall–Kier alpha value is -3.53. The number of phenols is 1. The van der Waals surface area contributed by atoms with E-state index in [0.717, 1.165) is 54.0 Å². The number of hydrogen-bond acceptors (Lipinski definition) is 4. The highest BCUT2D eigenvalue weighted by molar-refractivity contribution is 6.11. The highest BCUT2D eigenvalue weighted by atomic mass is 16.3. The Bertz CT molecular complexity index is 1390. The SMILES string of the molecule is CCN1/C(=C\C=C2\CC/C(=C\C=C3\N(CC)c4ccc(O)cc4C3(C)C)C2=O)C(C)(C)c2ccccc21. The molecule has 0 bridgehead atoms. The Balaban J connectivity index is 1.43. The van der Waals surface area contributed by atoms with Crippen LogP contribution in [0.3, 0.4) is 0 Å². The van der Waals surface area contributed by atoms with Crippen LogP contribution >= 0.6 is 0 Å². The summed E-state index contributed by atoms with van der Waals surface area (Å²) < 4.78 is 0. The number of para-hydroxylation sites is 1. The van der Waals surface area contributed by atoms with Gasteiger partial charge in [0.15, 0.2) is 5.78 Å². The number of Topliss-reactive ketones (excluding diaryl/α,β-unsaturated/α-hetero) is 1. The highest BCUT2D eigenvalue weighted by Crippen LogP contribution is 2.49. The number of fused-ring (bicyclic) bond motifs is 2. The molecule has 0 atom stereocenters. The molecule has 37 heavy (non-hydrogen) atoms. The average molecular weight is 495 g/mol. The Kier molecular flexibility index (Phi) is 6.18. The van der Waals surface area contributed by atoms with Crippen LogP contribution in [0.25, 0.3) is 0 Å². The minimum absolute atomic E-state index is 0.102. The molecule has 2 aromatic rings. The summed E-state index contributed by atoms with van der Waals surface area (Å²) >= 11 is 0. The lowest BCUT2D eigenvalue weighted by Crippen LogP contribution is -2.25. The molecule has 192 valence electrons. The van der Waals surface area contributed by atoms with E-state index in [9.17, 15) is 9.90 Å². The molecule has 0 saturated heterocycles. The first kappa shape index (κ1) is 25.1. The lowest BCUT2D eigenvalue weighted by Gasteiger charge is -2.26. The van der Waals surface area contributed by atoms with Gasteiger partial charge in [-0.05, 0) is 74.2 Å². The van der Waals surface area contributed by atoms with Crippen molar-refractivity contribution in [2.24, 2.45) is 0 Å². The topological polar surface area (TPSA) is 43.8 Å². The van der Waals surface area contributed by atoms with Gasteiger partial charge in [0, 0.05) is 57.8 Å². The molecule has 2 heterocycles. The first-order chi connectivity index (χ1) is 17.6. The number of carbonyl (C=O) groups excluding carboxylic acids is 1. The Morgan fingerprint density at radius 3 is 1.84 bits per heavy atom. The van der Waals surface area contributed by atoms with Gasteiger partial charge in [0.05, 0.1) is 0 Å². The number of nitrogens with zero attached hydrogens (tertiary/aromatic N) is 2. The molecule has 1 fully saturated rings. The molecular formula is C33H38N2O2. The molecule has 1 aliphatic carbocycles. The first-order valence-corrected chi connectivity index (χ1v) is 13.5. The van der Waals surface area contributed by atoms with Crippen LogP contribution in [0, 0.1) is 0 Å².